The highest BCUT2D eigenvalue weighted by molar-refractivity contribution is 7.09. The van der Waals surface area contributed by atoms with Gasteiger partial charge in [0.15, 0.2) is 0 Å². The summed E-state index contributed by atoms with van der Waals surface area (Å²) in [4.78, 5) is 24.4. The van der Waals surface area contributed by atoms with Crippen molar-refractivity contribution >= 4 is 29.7 Å². The van der Waals surface area contributed by atoms with Crippen LogP contribution in [0.2, 0.25) is 0 Å². The van der Waals surface area contributed by atoms with Crippen molar-refractivity contribution < 1.29 is 4.79 Å². The molecule has 0 fully saturated rings. The SMILES string of the molecule is CCC(N)(CC)CNC(=O)Cn1c(C)c(C)sc1=O.Cl. The molecule has 0 aromatic carbocycles. The number of carbonyl (C=O) groups is 1. The van der Waals surface area contributed by atoms with Gasteiger partial charge < -0.3 is 11.1 Å². The predicted molar refractivity (Wildman–Crippen MR) is 85.8 cm³/mol. The first-order chi connectivity index (χ1) is 8.83. The van der Waals surface area contributed by atoms with Crippen LogP contribution in [-0.4, -0.2) is 22.6 Å². The fourth-order valence-electron chi connectivity index (χ4n) is 1.74. The van der Waals surface area contributed by atoms with Crippen molar-refractivity contribution in [3.05, 3.63) is 20.2 Å². The summed E-state index contributed by atoms with van der Waals surface area (Å²) >= 11 is 1.17. The van der Waals surface area contributed by atoms with E-state index in [1.807, 2.05) is 27.7 Å². The Hall–Kier alpha value is -0.850. The van der Waals surface area contributed by atoms with Crippen LogP contribution in [0.15, 0.2) is 4.79 Å². The fraction of sp³-hybridized carbons (Fsp3) is 0.692. The van der Waals surface area contributed by atoms with Gasteiger partial charge in [-0.25, -0.2) is 0 Å². The summed E-state index contributed by atoms with van der Waals surface area (Å²) < 4.78 is 1.51. The molecule has 5 nitrogen and oxygen atoms in total. The highest BCUT2D eigenvalue weighted by atomic mass is 35.5. The molecule has 1 amide bonds. The number of halogens is 1. The van der Waals surface area contributed by atoms with Crippen LogP contribution in [0, 0.1) is 13.8 Å². The van der Waals surface area contributed by atoms with E-state index in [0.717, 1.165) is 23.4 Å². The van der Waals surface area contributed by atoms with Gasteiger partial charge in [0.25, 0.3) is 0 Å². The molecule has 116 valence electrons. The third-order valence-corrected chi connectivity index (χ3v) is 4.72. The van der Waals surface area contributed by atoms with E-state index < -0.39 is 0 Å². The minimum absolute atomic E-state index is 0. The number of aromatic nitrogens is 1. The van der Waals surface area contributed by atoms with Crippen molar-refractivity contribution in [3.8, 4) is 0 Å². The van der Waals surface area contributed by atoms with Gasteiger partial charge in [-0.3, -0.25) is 14.2 Å². The lowest BCUT2D eigenvalue weighted by molar-refractivity contribution is -0.122. The van der Waals surface area contributed by atoms with Gasteiger partial charge in [-0.2, -0.15) is 0 Å². The summed E-state index contributed by atoms with van der Waals surface area (Å²) in [6.45, 7) is 8.26. The van der Waals surface area contributed by atoms with E-state index >= 15 is 0 Å². The molecule has 0 unspecified atom stereocenters. The topological polar surface area (TPSA) is 77.1 Å². The minimum atomic E-state index is -0.361. The molecule has 0 atom stereocenters. The Morgan fingerprint density at radius 2 is 1.90 bits per heavy atom. The van der Waals surface area contributed by atoms with Crippen molar-refractivity contribution in [2.45, 2.75) is 52.6 Å². The molecule has 0 aliphatic heterocycles. The number of hydrogen-bond acceptors (Lipinski definition) is 4. The van der Waals surface area contributed by atoms with Crippen molar-refractivity contribution in [1.29, 1.82) is 0 Å². The average molecular weight is 322 g/mol. The van der Waals surface area contributed by atoms with Crippen molar-refractivity contribution in [3.63, 3.8) is 0 Å². The molecule has 20 heavy (non-hydrogen) atoms. The molecule has 0 saturated heterocycles. The second-order valence-corrected chi connectivity index (χ2v) is 6.11. The minimum Gasteiger partial charge on any atom is -0.353 e. The molecule has 3 N–H and O–H groups in total. The lowest BCUT2D eigenvalue weighted by atomic mass is 9.94. The van der Waals surface area contributed by atoms with Crippen LogP contribution in [0.5, 0.6) is 0 Å². The Morgan fingerprint density at radius 3 is 2.30 bits per heavy atom. The summed E-state index contributed by atoms with van der Waals surface area (Å²) in [5.74, 6) is -0.167. The van der Waals surface area contributed by atoms with E-state index in [4.69, 9.17) is 5.73 Å². The average Bonchev–Trinajstić information content (AvgIpc) is 2.63. The van der Waals surface area contributed by atoms with Gasteiger partial charge >= 0.3 is 4.87 Å². The summed E-state index contributed by atoms with van der Waals surface area (Å²) in [7, 11) is 0. The predicted octanol–water partition coefficient (Wildman–Crippen LogP) is 1.58. The van der Waals surface area contributed by atoms with Crippen molar-refractivity contribution in [1.82, 2.24) is 9.88 Å². The third kappa shape index (κ3) is 4.61. The van der Waals surface area contributed by atoms with Gasteiger partial charge in [0, 0.05) is 22.7 Å². The van der Waals surface area contributed by atoms with E-state index in [0.29, 0.717) is 6.54 Å². The Balaban J connectivity index is 0.00000361. The summed E-state index contributed by atoms with van der Waals surface area (Å²) in [6, 6.07) is 0. The van der Waals surface area contributed by atoms with E-state index in [2.05, 4.69) is 5.32 Å². The highest BCUT2D eigenvalue weighted by Crippen LogP contribution is 2.10. The summed E-state index contributed by atoms with van der Waals surface area (Å²) in [6.07, 6.45) is 1.61. The van der Waals surface area contributed by atoms with E-state index in [1.165, 1.54) is 15.9 Å². The highest BCUT2D eigenvalue weighted by Gasteiger charge is 2.21. The molecular weight excluding hydrogens is 298 g/mol. The Kier molecular flexibility index (Phi) is 7.47. The van der Waals surface area contributed by atoms with Crippen LogP contribution >= 0.6 is 23.7 Å². The van der Waals surface area contributed by atoms with Gasteiger partial charge in [-0.15, -0.1) is 12.4 Å². The molecule has 0 aliphatic rings. The van der Waals surface area contributed by atoms with Crippen LogP contribution in [0.3, 0.4) is 0 Å². The number of thiazole rings is 1. The molecule has 1 aromatic heterocycles. The number of hydrogen-bond donors (Lipinski definition) is 2. The smallest absolute Gasteiger partial charge is 0.308 e. The molecule has 0 spiro atoms. The standard InChI is InChI=1S/C13H23N3O2S.ClH/c1-5-13(14,6-2)8-15-11(17)7-16-9(3)10(4)19-12(16)18;/h5-8,14H2,1-4H3,(H,15,17);1H. The number of amides is 1. The third-order valence-electron chi connectivity index (χ3n) is 3.72. The summed E-state index contributed by atoms with van der Waals surface area (Å²) in [5.41, 5.74) is 6.62. The number of nitrogens with one attached hydrogen (secondary N) is 1. The first kappa shape index (κ1) is 19.1. The number of aryl methyl sites for hydroxylation is 1. The second-order valence-electron chi connectivity index (χ2n) is 4.94. The van der Waals surface area contributed by atoms with E-state index in [1.54, 1.807) is 0 Å². The zero-order valence-corrected chi connectivity index (χ0v) is 14.1. The van der Waals surface area contributed by atoms with Crippen molar-refractivity contribution in [2.24, 2.45) is 5.73 Å². The fourth-order valence-corrected chi connectivity index (χ4v) is 2.58. The van der Waals surface area contributed by atoms with Gasteiger partial charge in [0.2, 0.25) is 5.91 Å². The molecule has 0 bridgehead atoms. The van der Waals surface area contributed by atoms with Gasteiger partial charge in [-0.1, -0.05) is 25.2 Å². The van der Waals surface area contributed by atoms with Gasteiger partial charge in [0.05, 0.1) is 0 Å². The lowest BCUT2D eigenvalue weighted by Crippen LogP contribution is -2.50. The molecule has 1 aromatic rings. The maximum Gasteiger partial charge on any atom is 0.308 e. The number of nitrogens with two attached hydrogens (primary N) is 1. The van der Waals surface area contributed by atoms with Crippen LogP contribution < -0.4 is 15.9 Å². The number of nitrogens with zero attached hydrogens (tertiary/aromatic N) is 1. The van der Waals surface area contributed by atoms with Crippen LogP contribution in [0.1, 0.15) is 37.3 Å². The Labute approximate surface area is 130 Å². The monoisotopic (exact) mass is 321 g/mol. The summed E-state index contributed by atoms with van der Waals surface area (Å²) in [5, 5.41) is 2.82. The normalized spacial score (nSPS) is 11.1. The molecule has 1 rings (SSSR count). The Bertz CT molecular complexity index is 506. The maximum absolute atomic E-state index is 11.9. The zero-order valence-electron chi connectivity index (χ0n) is 12.5. The lowest BCUT2D eigenvalue weighted by Gasteiger charge is -2.26. The zero-order chi connectivity index (χ0) is 14.6. The first-order valence-electron chi connectivity index (χ1n) is 6.55. The van der Waals surface area contributed by atoms with Crippen molar-refractivity contribution in [2.75, 3.05) is 6.54 Å². The van der Waals surface area contributed by atoms with Crippen LogP contribution in [-0.2, 0) is 11.3 Å². The van der Waals surface area contributed by atoms with Crippen LogP contribution in [0.4, 0.5) is 0 Å². The molecule has 0 saturated carbocycles. The molecule has 1 heterocycles. The van der Waals surface area contributed by atoms with Gasteiger partial charge in [-0.05, 0) is 26.7 Å². The Morgan fingerprint density at radius 1 is 1.35 bits per heavy atom. The molecule has 0 radical (unpaired) electrons. The molecule has 0 aliphatic carbocycles. The van der Waals surface area contributed by atoms with E-state index in [9.17, 15) is 9.59 Å². The largest absolute Gasteiger partial charge is 0.353 e. The second kappa shape index (κ2) is 7.81. The molecular formula is C13H24ClN3O2S. The molecule has 7 heteroatoms. The number of rotatable bonds is 6. The van der Waals surface area contributed by atoms with E-state index in [-0.39, 0.29) is 35.3 Å². The maximum atomic E-state index is 11.9. The quantitative estimate of drug-likeness (QED) is 0.835. The van der Waals surface area contributed by atoms with Gasteiger partial charge in [0.1, 0.15) is 6.54 Å². The number of carbonyl (C=O) groups excluding carboxylic acids is 1. The van der Waals surface area contributed by atoms with Crippen LogP contribution in [0.25, 0.3) is 0 Å². The first-order valence-corrected chi connectivity index (χ1v) is 7.37.